The molecule has 0 saturated heterocycles. The molecule has 0 saturated carbocycles. The van der Waals surface area contributed by atoms with Gasteiger partial charge in [-0.1, -0.05) is 17.7 Å². The van der Waals surface area contributed by atoms with Crippen LogP contribution < -0.4 is 10.5 Å². The standard InChI is InChI=1S/C10H10ClN3O2S2/c1-6-13-5-9(17-6)18(15,16)14-10-7(11)3-2-4-8(10)12/h2-5,14H,12H2,1H3. The van der Waals surface area contributed by atoms with Crippen LogP contribution >= 0.6 is 22.9 Å². The van der Waals surface area contributed by atoms with Gasteiger partial charge in [-0.2, -0.15) is 0 Å². The molecule has 0 bridgehead atoms. The van der Waals surface area contributed by atoms with Crippen LogP contribution in [0.15, 0.2) is 28.6 Å². The van der Waals surface area contributed by atoms with Crippen molar-refractivity contribution in [3.63, 3.8) is 0 Å². The average molecular weight is 304 g/mol. The van der Waals surface area contributed by atoms with Crippen LogP contribution in [0.25, 0.3) is 0 Å². The molecule has 0 aliphatic carbocycles. The van der Waals surface area contributed by atoms with Crippen LogP contribution in [0.3, 0.4) is 0 Å². The molecule has 2 rings (SSSR count). The Morgan fingerprint density at radius 2 is 2.17 bits per heavy atom. The highest BCUT2D eigenvalue weighted by Gasteiger charge is 2.19. The number of hydrogen-bond donors (Lipinski definition) is 2. The number of nitrogens with one attached hydrogen (secondary N) is 1. The van der Waals surface area contributed by atoms with Gasteiger partial charge in [0.15, 0.2) is 4.21 Å². The Kier molecular flexibility index (Phi) is 3.47. The number of rotatable bonds is 3. The number of aromatic nitrogens is 1. The van der Waals surface area contributed by atoms with Crippen LogP contribution in [0.5, 0.6) is 0 Å². The van der Waals surface area contributed by atoms with Gasteiger partial charge < -0.3 is 5.73 Å². The van der Waals surface area contributed by atoms with Gasteiger partial charge in [-0.15, -0.1) is 11.3 Å². The molecule has 2 aromatic rings. The van der Waals surface area contributed by atoms with E-state index in [1.807, 2.05) is 0 Å². The summed E-state index contributed by atoms with van der Waals surface area (Å²) in [4.78, 5) is 3.90. The van der Waals surface area contributed by atoms with Crippen LogP contribution in [0.2, 0.25) is 5.02 Å². The van der Waals surface area contributed by atoms with Gasteiger partial charge in [-0.25, -0.2) is 13.4 Å². The Hall–Kier alpha value is -1.31. The summed E-state index contributed by atoms with van der Waals surface area (Å²) in [6.45, 7) is 1.73. The van der Waals surface area contributed by atoms with Gasteiger partial charge in [0.05, 0.1) is 27.6 Å². The molecule has 3 N–H and O–H groups in total. The number of sulfonamides is 1. The smallest absolute Gasteiger partial charge is 0.273 e. The lowest BCUT2D eigenvalue weighted by molar-refractivity contribution is 0.603. The van der Waals surface area contributed by atoms with Crippen molar-refractivity contribution in [3.05, 3.63) is 34.4 Å². The monoisotopic (exact) mass is 303 g/mol. The zero-order chi connectivity index (χ0) is 13.3. The fourth-order valence-electron chi connectivity index (χ4n) is 1.30. The predicted octanol–water partition coefficient (Wildman–Crippen LogP) is 2.49. The van der Waals surface area contributed by atoms with Gasteiger partial charge >= 0.3 is 0 Å². The number of thiazole rings is 1. The zero-order valence-corrected chi connectivity index (χ0v) is 11.7. The lowest BCUT2D eigenvalue weighted by Crippen LogP contribution is -2.13. The molecule has 18 heavy (non-hydrogen) atoms. The molecular formula is C10H10ClN3O2S2. The number of aryl methyl sites for hydroxylation is 1. The largest absolute Gasteiger partial charge is 0.397 e. The van der Waals surface area contributed by atoms with Gasteiger partial charge in [0.1, 0.15) is 0 Å². The minimum Gasteiger partial charge on any atom is -0.397 e. The number of benzene rings is 1. The zero-order valence-electron chi connectivity index (χ0n) is 9.34. The van der Waals surface area contributed by atoms with Crippen molar-refractivity contribution in [2.75, 3.05) is 10.5 Å². The lowest BCUT2D eigenvalue weighted by atomic mass is 10.3. The maximum Gasteiger partial charge on any atom is 0.273 e. The van der Waals surface area contributed by atoms with Crippen LogP contribution in [-0.2, 0) is 10.0 Å². The van der Waals surface area contributed by atoms with Crippen molar-refractivity contribution in [2.45, 2.75) is 11.1 Å². The van der Waals surface area contributed by atoms with E-state index in [1.165, 1.54) is 6.20 Å². The average Bonchev–Trinajstić information content (AvgIpc) is 2.71. The highest BCUT2D eigenvalue weighted by molar-refractivity contribution is 7.94. The first-order chi connectivity index (χ1) is 8.40. The van der Waals surface area contributed by atoms with E-state index in [-0.39, 0.29) is 20.6 Å². The molecule has 0 fully saturated rings. The van der Waals surface area contributed by atoms with Gasteiger partial charge in [0.25, 0.3) is 10.0 Å². The first-order valence-electron chi connectivity index (χ1n) is 4.89. The number of para-hydroxylation sites is 1. The molecule has 1 heterocycles. The second-order valence-corrected chi connectivity index (χ2v) is 7.06. The molecule has 5 nitrogen and oxygen atoms in total. The first-order valence-corrected chi connectivity index (χ1v) is 7.57. The number of nitrogen functional groups attached to an aromatic ring is 1. The summed E-state index contributed by atoms with van der Waals surface area (Å²) in [5.74, 6) is 0. The molecule has 0 aliphatic heterocycles. The quantitative estimate of drug-likeness (QED) is 0.853. The maximum atomic E-state index is 12.1. The van der Waals surface area contributed by atoms with E-state index < -0.39 is 10.0 Å². The Bertz CT molecular complexity index is 662. The van der Waals surface area contributed by atoms with Crippen LogP contribution in [-0.4, -0.2) is 13.4 Å². The first kappa shape index (κ1) is 13.1. The molecule has 8 heteroatoms. The number of anilines is 2. The number of hydrogen-bond acceptors (Lipinski definition) is 5. The summed E-state index contributed by atoms with van der Waals surface area (Å²) in [6, 6.07) is 4.78. The van der Waals surface area contributed by atoms with Crippen LogP contribution in [0.1, 0.15) is 5.01 Å². The second-order valence-electron chi connectivity index (χ2n) is 3.51. The Balaban J connectivity index is 2.40. The third-order valence-corrected chi connectivity index (χ3v) is 5.19. The van der Waals surface area contributed by atoms with Crippen molar-refractivity contribution in [1.29, 1.82) is 0 Å². The van der Waals surface area contributed by atoms with E-state index in [1.54, 1.807) is 25.1 Å². The van der Waals surface area contributed by atoms with E-state index in [9.17, 15) is 8.42 Å². The summed E-state index contributed by atoms with van der Waals surface area (Å²) in [5.41, 5.74) is 6.14. The molecule has 0 unspecified atom stereocenters. The van der Waals surface area contributed by atoms with Crippen LogP contribution in [0, 0.1) is 6.92 Å². The summed E-state index contributed by atoms with van der Waals surface area (Å²) >= 11 is 6.99. The molecule has 0 atom stereocenters. The lowest BCUT2D eigenvalue weighted by Gasteiger charge is -2.10. The molecule has 1 aromatic carbocycles. The number of nitrogens with zero attached hydrogens (tertiary/aromatic N) is 1. The molecule has 1 aromatic heterocycles. The molecule has 0 amide bonds. The SMILES string of the molecule is Cc1ncc(S(=O)(=O)Nc2c(N)cccc2Cl)s1. The van der Waals surface area contributed by atoms with E-state index in [4.69, 9.17) is 17.3 Å². The van der Waals surface area contributed by atoms with E-state index in [0.717, 1.165) is 11.3 Å². The van der Waals surface area contributed by atoms with Crippen molar-refractivity contribution < 1.29 is 8.42 Å². The molecule has 0 aliphatic rings. The van der Waals surface area contributed by atoms with Gasteiger partial charge in [-0.05, 0) is 19.1 Å². The highest BCUT2D eigenvalue weighted by atomic mass is 35.5. The fraction of sp³-hybridized carbons (Fsp3) is 0.100. The van der Waals surface area contributed by atoms with Crippen molar-refractivity contribution in [2.24, 2.45) is 0 Å². The summed E-state index contributed by atoms with van der Waals surface area (Å²) in [7, 11) is -3.70. The predicted molar refractivity (Wildman–Crippen MR) is 73.5 cm³/mol. The Morgan fingerprint density at radius 3 is 2.72 bits per heavy atom. The van der Waals surface area contributed by atoms with Gasteiger partial charge in [-0.3, -0.25) is 4.72 Å². The maximum absolute atomic E-state index is 12.1. The normalized spacial score (nSPS) is 11.4. The molecular weight excluding hydrogens is 294 g/mol. The molecule has 0 spiro atoms. The molecule has 0 radical (unpaired) electrons. The van der Waals surface area contributed by atoms with E-state index in [2.05, 4.69) is 9.71 Å². The minimum absolute atomic E-state index is 0.124. The highest BCUT2D eigenvalue weighted by Crippen LogP contribution is 2.31. The molecule has 96 valence electrons. The van der Waals surface area contributed by atoms with Crippen molar-refractivity contribution >= 4 is 44.3 Å². The number of nitrogens with two attached hydrogens (primary N) is 1. The van der Waals surface area contributed by atoms with E-state index >= 15 is 0 Å². The van der Waals surface area contributed by atoms with E-state index in [0.29, 0.717) is 5.01 Å². The topological polar surface area (TPSA) is 85.1 Å². The van der Waals surface area contributed by atoms with Crippen molar-refractivity contribution in [3.8, 4) is 0 Å². The van der Waals surface area contributed by atoms with Gasteiger partial charge in [0, 0.05) is 0 Å². The fourth-order valence-corrected chi connectivity index (χ4v) is 3.80. The Morgan fingerprint density at radius 1 is 1.44 bits per heavy atom. The summed E-state index contributed by atoms with van der Waals surface area (Å²) in [5, 5.41) is 0.919. The van der Waals surface area contributed by atoms with Gasteiger partial charge in [0.2, 0.25) is 0 Å². The van der Waals surface area contributed by atoms with Crippen LogP contribution in [0.4, 0.5) is 11.4 Å². The minimum atomic E-state index is -3.70. The third kappa shape index (κ3) is 2.58. The third-order valence-electron chi connectivity index (χ3n) is 2.15. The second kappa shape index (κ2) is 4.75. The Labute approximate surface area is 114 Å². The number of halogens is 1. The summed E-state index contributed by atoms with van der Waals surface area (Å²) < 4.78 is 26.6. The van der Waals surface area contributed by atoms with Crippen molar-refractivity contribution in [1.82, 2.24) is 4.98 Å². The summed E-state index contributed by atoms with van der Waals surface area (Å²) in [6.07, 6.45) is 1.30.